The van der Waals surface area contributed by atoms with Crippen molar-refractivity contribution in [1.82, 2.24) is 15.2 Å². The number of anilines is 2. The van der Waals surface area contributed by atoms with E-state index in [2.05, 4.69) is 40.2 Å². The first kappa shape index (κ1) is 34.3. The topological polar surface area (TPSA) is 106 Å². The fraction of sp³-hybridized carbons (Fsp3) is 0.586. The lowest BCUT2D eigenvalue weighted by Gasteiger charge is -2.28. The van der Waals surface area contributed by atoms with Crippen molar-refractivity contribution in [3.05, 3.63) is 54.7 Å². The number of hydrogen-bond acceptors (Lipinski definition) is 7. The Kier molecular flexibility index (Phi) is 14.5. The van der Waals surface area contributed by atoms with Crippen molar-refractivity contribution in [1.29, 1.82) is 0 Å². The molecule has 220 valence electrons. The molecule has 1 amide bonds. The molecule has 2 N–H and O–H groups in total. The molecule has 2 atom stereocenters. The predicted molar refractivity (Wildman–Crippen MR) is 163 cm³/mol. The van der Waals surface area contributed by atoms with Crippen molar-refractivity contribution in [2.24, 2.45) is 11.8 Å². The number of sulfonamides is 1. The van der Waals surface area contributed by atoms with E-state index in [4.69, 9.17) is 5.11 Å². The number of nitrogens with zero attached hydrogens (tertiary/aromatic N) is 4. The molecule has 1 aromatic heterocycles. The second-order valence-corrected chi connectivity index (χ2v) is 13.1. The Bertz CT molecular complexity index is 1090. The lowest BCUT2D eigenvalue weighted by atomic mass is 10.2. The van der Waals surface area contributed by atoms with Crippen LogP contribution in [0.15, 0.2) is 49.1 Å². The molecule has 10 heteroatoms. The molecule has 1 aliphatic carbocycles. The van der Waals surface area contributed by atoms with Gasteiger partial charge in [0.1, 0.15) is 11.6 Å². The minimum absolute atomic E-state index is 0.123. The van der Waals surface area contributed by atoms with Gasteiger partial charge in [-0.15, -0.1) is 0 Å². The molecule has 0 radical (unpaired) electrons. The van der Waals surface area contributed by atoms with Gasteiger partial charge in [0.2, 0.25) is 10.0 Å². The molecule has 0 bridgehead atoms. The standard InChI is InChI=1S/C22H39N5O4S.C7H10/c1-16(2)32(30,31)26(6)20-13-18(22(29)23-8-11-28)14-21(24-20)27(10-7-9-25(4)5)15-19-12-17(19)3;1-4-6-7(3)5-2/h13-14,16-17,19,28H,7-12,15H2,1-6H3,(H,23,29);4-6H,1-2H2,3H3/b;7-6-. The van der Waals surface area contributed by atoms with Gasteiger partial charge in [0.25, 0.3) is 5.91 Å². The first-order valence-electron chi connectivity index (χ1n) is 13.5. The quantitative estimate of drug-likeness (QED) is 0.314. The molecular weight excluding hydrogens is 514 g/mol. The largest absolute Gasteiger partial charge is 0.395 e. The number of aliphatic hydroxyl groups is 1. The lowest BCUT2D eigenvalue weighted by molar-refractivity contribution is 0.0944. The highest BCUT2D eigenvalue weighted by molar-refractivity contribution is 7.93. The van der Waals surface area contributed by atoms with Gasteiger partial charge in [-0.3, -0.25) is 9.10 Å². The minimum Gasteiger partial charge on any atom is -0.395 e. The highest BCUT2D eigenvalue weighted by atomic mass is 32.2. The van der Waals surface area contributed by atoms with Crippen LogP contribution < -0.4 is 14.5 Å². The smallest absolute Gasteiger partial charge is 0.251 e. The van der Waals surface area contributed by atoms with E-state index < -0.39 is 15.3 Å². The first-order chi connectivity index (χ1) is 18.3. The van der Waals surface area contributed by atoms with E-state index in [0.717, 1.165) is 42.4 Å². The Morgan fingerprint density at radius 1 is 1.21 bits per heavy atom. The van der Waals surface area contributed by atoms with Gasteiger partial charge in [0.15, 0.2) is 0 Å². The Labute approximate surface area is 236 Å². The van der Waals surface area contributed by atoms with Gasteiger partial charge in [-0.05, 0) is 78.2 Å². The normalized spacial score (nSPS) is 16.8. The predicted octanol–water partition coefficient (Wildman–Crippen LogP) is 3.70. The van der Waals surface area contributed by atoms with Crippen LogP contribution in [0.5, 0.6) is 0 Å². The summed E-state index contributed by atoms with van der Waals surface area (Å²) in [7, 11) is 1.92. The zero-order valence-electron chi connectivity index (χ0n) is 24.9. The van der Waals surface area contributed by atoms with E-state index >= 15 is 0 Å². The molecular formula is C29H49N5O4S. The van der Waals surface area contributed by atoms with Gasteiger partial charge in [0.05, 0.1) is 11.9 Å². The molecule has 2 unspecified atom stereocenters. The summed E-state index contributed by atoms with van der Waals surface area (Å²) in [5.41, 5.74) is 1.47. The number of pyridine rings is 1. The number of nitrogens with one attached hydrogen (secondary N) is 1. The van der Waals surface area contributed by atoms with Gasteiger partial charge in [-0.1, -0.05) is 43.9 Å². The number of allylic oxidation sites excluding steroid dienone is 4. The van der Waals surface area contributed by atoms with Crippen LogP contribution in [-0.2, 0) is 10.0 Å². The number of aliphatic hydroxyl groups excluding tert-OH is 1. The van der Waals surface area contributed by atoms with Crippen LogP contribution in [0.2, 0.25) is 0 Å². The van der Waals surface area contributed by atoms with E-state index in [1.165, 1.54) is 13.1 Å². The third-order valence-corrected chi connectivity index (χ3v) is 8.69. The lowest BCUT2D eigenvalue weighted by Crippen LogP contribution is -2.35. The van der Waals surface area contributed by atoms with Gasteiger partial charge >= 0.3 is 0 Å². The third kappa shape index (κ3) is 11.5. The maximum atomic E-state index is 12.8. The van der Waals surface area contributed by atoms with Crippen molar-refractivity contribution < 1.29 is 18.3 Å². The summed E-state index contributed by atoms with van der Waals surface area (Å²) in [5.74, 6) is 1.67. The fourth-order valence-electron chi connectivity index (χ4n) is 3.74. The maximum absolute atomic E-state index is 12.8. The first-order valence-corrected chi connectivity index (χ1v) is 15.0. The summed E-state index contributed by atoms with van der Waals surface area (Å²) in [6.45, 7) is 17.0. The SMILES string of the molecule is C=C/C=C(/C)C=C.CC1CC1CN(CCCN(C)C)c1cc(C(=O)NCCO)cc(N(C)S(=O)(=O)C(C)C)n1. The van der Waals surface area contributed by atoms with Crippen molar-refractivity contribution in [2.45, 2.75) is 45.8 Å². The molecule has 0 spiro atoms. The summed E-state index contributed by atoms with van der Waals surface area (Å²) in [5, 5.41) is 11.1. The molecule has 1 heterocycles. The molecule has 9 nitrogen and oxygen atoms in total. The van der Waals surface area contributed by atoms with E-state index in [9.17, 15) is 13.2 Å². The summed E-state index contributed by atoms with van der Waals surface area (Å²) in [6, 6.07) is 3.21. The van der Waals surface area contributed by atoms with Crippen LogP contribution in [0.1, 0.15) is 50.9 Å². The Balaban J connectivity index is 0.000000956. The zero-order valence-corrected chi connectivity index (χ0v) is 25.7. The molecule has 1 aromatic rings. The Morgan fingerprint density at radius 3 is 2.28 bits per heavy atom. The summed E-state index contributed by atoms with van der Waals surface area (Å²) in [6.07, 6.45) is 7.53. The molecule has 1 fully saturated rings. The number of aromatic nitrogens is 1. The zero-order chi connectivity index (χ0) is 29.8. The van der Waals surface area contributed by atoms with Crippen LogP contribution in [0.25, 0.3) is 0 Å². The molecule has 1 saturated carbocycles. The summed E-state index contributed by atoms with van der Waals surface area (Å²) in [4.78, 5) is 21.7. The van der Waals surface area contributed by atoms with Crippen LogP contribution in [0.4, 0.5) is 11.6 Å². The highest BCUT2D eigenvalue weighted by Gasteiger charge is 2.34. The van der Waals surface area contributed by atoms with Crippen molar-refractivity contribution in [3.63, 3.8) is 0 Å². The highest BCUT2D eigenvalue weighted by Crippen LogP contribution is 2.39. The number of carbonyl (C=O) groups is 1. The number of amides is 1. The third-order valence-electron chi connectivity index (χ3n) is 6.55. The minimum atomic E-state index is -3.61. The maximum Gasteiger partial charge on any atom is 0.251 e. The molecule has 0 aliphatic heterocycles. The van der Waals surface area contributed by atoms with Gasteiger partial charge < -0.3 is 20.2 Å². The Hall–Kier alpha value is -2.69. The Morgan fingerprint density at radius 2 is 1.82 bits per heavy atom. The van der Waals surface area contributed by atoms with Crippen molar-refractivity contribution in [3.8, 4) is 0 Å². The van der Waals surface area contributed by atoms with Crippen LogP contribution >= 0.6 is 0 Å². The molecule has 0 saturated heterocycles. The molecule has 1 aliphatic rings. The van der Waals surface area contributed by atoms with E-state index in [1.54, 1.807) is 32.1 Å². The molecule has 39 heavy (non-hydrogen) atoms. The van der Waals surface area contributed by atoms with Crippen LogP contribution in [0, 0.1) is 11.8 Å². The van der Waals surface area contributed by atoms with Crippen molar-refractivity contribution >= 4 is 27.6 Å². The summed E-state index contributed by atoms with van der Waals surface area (Å²) >= 11 is 0. The summed E-state index contributed by atoms with van der Waals surface area (Å²) < 4.78 is 26.7. The average molecular weight is 564 g/mol. The second-order valence-electron chi connectivity index (χ2n) is 10.5. The number of rotatable bonds is 15. The monoisotopic (exact) mass is 563 g/mol. The van der Waals surface area contributed by atoms with Crippen LogP contribution in [-0.4, -0.2) is 88.5 Å². The van der Waals surface area contributed by atoms with Gasteiger partial charge in [-0.2, -0.15) is 0 Å². The molecule has 0 aromatic carbocycles. The van der Waals surface area contributed by atoms with E-state index in [-0.39, 0.29) is 24.9 Å². The van der Waals surface area contributed by atoms with E-state index in [0.29, 0.717) is 23.2 Å². The van der Waals surface area contributed by atoms with Gasteiger partial charge in [-0.25, -0.2) is 13.4 Å². The number of hydrogen-bond donors (Lipinski definition) is 2. The van der Waals surface area contributed by atoms with Crippen LogP contribution in [0.3, 0.4) is 0 Å². The molecule has 2 rings (SSSR count). The second kappa shape index (κ2) is 16.4. The fourth-order valence-corrected chi connectivity index (χ4v) is 4.73. The van der Waals surface area contributed by atoms with E-state index in [1.807, 2.05) is 27.1 Å². The average Bonchev–Trinajstić information content (AvgIpc) is 3.59. The number of carbonyl (C=O) groups excluding carboxylic acids is 1. The van der Waals surface area contributed by atoms with Gasteiger partial charge in [0, 0.05) is 32.2 Å². The van der Waals surface area contributed by atoms with Crippen molar-refractivity contribution in [2.75, 3.05) is 63.1 Å².